The number of nitrogens with one attached hydrogen (secondary N) is 1. The van der Waals surface area contributed by atoms with E-state index in [1.54, 1.807) is 18.2 Å². The standard InChI is InChI=1S/C12H18N2O3S/c1-13-10-11-3-2-4-12(9-11)18(15,16)14-5-7-17-8-6-14/h2-4,9,13H,5-8,10H2,1H3. The number of hydrogen-bond donors (Lipinski definition) is 1. The van der Waals surface area contributed by atoms with Crippen LogP contribution in [-0.4, -0.2) is 46.1 Å². The van der Waals surface area contributed by atoms with Crippen LogP contribution in [0.15, 0.2) is 29.2 Å². The fourth-order valence-corrected chi connectivity index (χ4v) is 3.43. The molecule has 1 aliphatic rings. The molecule has 0 saturated carbocycles. The summed E-state index contributed by atoms with van der Waals surface area (Å²) in [5.41, 5.74) is 0.965. The van der Waals surface area contributed by atoms with Crippen LogP contribution in [0.1, 0.15) is 5.56 Å². The van der Waals surface area contributed by atoms with Crippen LogP contribution in [0, 0.1) is 0 Å². The van der Waals surface area contributed by atoms with E-state index < -0.39 is 10.0 Å². The van der Waals surface area contributed by atoms with Gasteiger partial charge < -0.3 is 10.1 Å². The average molecular weight is 270 g/mol. The Kier molecular flexibility index (Phi) is 4.34. The van der Waals surface area contributed by atoms with Crippen molar-refractivity contribution in [1.29, 1.82) is 0 Å². The third-order valence-electron chi connectivity index (χ3n) is 2.89. The molecule has 0 spiro atoms. The molecule has 1 fully saturated rings. The second kappa shape index (κ2) is 5.79. The first kappa shape index (κ1) is 13.5. The Balaban J connectivity index is 2.25. The summed E-state index contributed by atoms with van der Waals surface area (Å²) in [5, 5.41) is 3.01. The van der Waals surface area contributed by atoms with Crippen molar-refractivity contribution in [2.45, 2.75) is 11.4 Å². The highest BCUT2D eigenvalue weighted by molar-refractivity contribution is 7.89. The molecule has 100 valence electrons. The molecule has 1 heterocycles. The fraction of sp³-hybridized carbons (Fsp3) is 0.500. The molecule has 0 radical (unpaired) electrons. The lowest BCUT2D eigenvalue weighted by atomic mass is 10.2. The van der Waals surface area contributed by atoms with E-state index in [0.717, 1.165) is 5.56 Å². The molecule has 0 atom stereocenters. The van der Waals surface area contributed by atoms with Crippen molar-refractivity contribution in [3.05, 3.63) is 29.8 Å². The summed E-state index contributed by atoms with van der Waals surface area (Å²) >= 11 is 0. The molecule has 1 aliphatic heterocycles. The van der Waals surface area contributed by atoms with E-state index in [0.29, 0.717) is 37.7 Å². The topological polar surface area (TPSA) is 58.6 Å². The molecule has 18 heavy (non-hydrogen) atoms. The van der Waals surface area contributed by atoms with Crippen molar-refractivity contribution in [3.8, 4) is 0 Å². The third kappa shape index (κ3) is 2.89. The van der Waals surface area contributed by atoms with Crippen LogP contribution >= 0.6 is 0 Å². The predicted molar refractivity (Wildman–Crippen MR) is 68.8 cm³/mol. The zero-order valence-electron chi connectivity index (χ0n) is 10.4. The smallest absolute Gasteiger partial charge is 0.243 e. The molecule has 2 rings (SSSR count). The van der Waals surface area contributed by atoms with E-state index in [9.17, 15) is 8.42 Å². The van der Waals surface area contributed by atoms with Crippen LogP contribution < -0.4 is 5.32 Å². The monoisotopic (exact) mass is 270 g/mol. The Labute approximate surface area is 108 Å². The maximum Gasteiger partial charge on any atom is 0.243 e. The molecule has 5 nitrogen and oxygen atoms in total. The Morgan fingerprint density at radius 3 is 2.72 bits per heavy atom. The minimum absolute atomic E-state index is 0.358. The molecule has 1 N–H and O–H groups in total. The highest BCUT2D eigenvalue weighted by Crippen LogP contribution is 2.18. The molecule has 0 bridgehead atoms. The van der Waals surface area contributed by atoms with E-state index in [4.69, 9.17) is 4.74 Å². The molecule has 0 unspecified atom stereocenters. The van der Waals surface area contributed by atoms with Crippen LogP contribution in [0.2, 0.25) is 0 Å². The second-order valence-corrected chi connectivity index (χ2v) is 6.13. The SMILES string of the molecule is CNCc1cccc(S(=O)(=O)N2CCOCC2)c1. The zero-order valence-corrected chi connectivity index (χ0v) is 11.2. The third-order valence-corrected chi connectivity index (χ3v) is 4.78. The molecular formula is C12H18N2O3S. The van der Waals surface area contributed by atoms with Gasteiger partial charge in [0.1, 0.15) is 0 Å². The summed E-state index contributed by atoms with van der Waals surface area (Å²) in [6.45, 7) is 2.45. The summed E-state index contributed by atoms with van der Waals surface area (Å²) in [4.78, 5) is 0.358. The first-order chi connectivity index (χ1) is 8.64. The second-order valence-electron chi connectivity index (χ2n) is 4.19. The number of hydrogen-bond acceptors (Lipinski definition) is 4. The van der Waals surface area contributed by atoms with Gasteiger partial charge in [-0.05, 0) is 24.7 Å². The number of ether oxygens (including phenoxy) is 1. The number of morpholine rings is 1. The lowest BCUT2D eigenvalue weighted by Crippen LogP contribution is -2.40. The normalized spacial score (nSPS) is 17.8. The summed E-state index contributed by atoms with van der Waals surface area (Å²) in [6.07, 6.45) is 0. The number of rotatable bonds is 4. The predicted octanol–water partition coefficient (Wildman–Crippen LogP) is 0.427. The maximum atomic E-state index is 12.4. The zero-order chi connectivity index (χ0) is 13.0. The number of benzene rings is 1. The van der Waals surface area contributed by atoms with Crippen molar-refractivity contribution in [3.63, 3.8) is 0 Å². The van der Waals surface area contributed by atoms with Gasteiger partial charge in [0.25, 0.3) is 0 Å². The van der Waals surface area contributed by atoms with Gasteiger partial charge >= 0.3 is 0 Å². The molecule has 0 aromatic heterocycles. The summed E-state index contributed by atoms with van der Waals surface area (Å²) in [7, 11) is -1.54. The van der Waals surface area contributed by atoms with Gasteiger partial charge in [-0.1, -0.05) is 12.1 Å². The molecule has 1 aromatic carbocycles. The summed E-state index contributed by atoms with van der Waals surface area (Å²) in [5.74, 6) is 0. The van der Waals surface area contributed by atoms with E-state index in [1.807, 2.05) is 13.1 Å². The van der Waals surface area contributed by atoms with Gasteiger partial charge in [0.2, 0.25) is 10.0 Å². The Hall–Kier alpha value is -0.950. The molecule has 6 heteroatoms. The Morgan fingerprint density at radius 1 is 1.33 bits per heavy atom. The quantitative estimate of drug-likeness (QED) is 0.862. The van der Waals surface area contributed by atoms with Crippen molar-refractivity contribution < 1.29 is 13.2 Å². The minimum Gasteiger partial charge on any atom is -0.379 e. The van der Waals surface area contributed by atoms with E-state index >= 15 is 0 Å². The lowest BCUT2D eigenvalue weighted by molar-refractivity contribution is 0.0730. The summed E-state index contributed by atoms with van der Waals surface area (Å²) in [6, 6.07) is 7.06. The van der Waals surface area contributed by atoms with Gasteiger partial charge in [0.05, 0.1) is 18.1 Å². The maximum absolute atomic E-state index is 12.4. The highest BCUT2D eigenvalue weighted by Gasteiger charge is 2.26. The lowest BCUT2D eigenvalue weighted by Gasteiger charge is -2.26. The van der Waals surface area contributed by atoms with Crippen LogP contribution in [0.3, 0.4) is 0 Å². The van der Waals surface area contributed by atoms with Crippen molar-refractivity contribution in [1.82, 2.24) is 9.62 Å². The first-order valence-electron chi connectivity index (χ1n) is 5.96. The Morgan fingerprint density at radius 2 is 2.06 bits per heavy atom. The number of sulfonamides is 1. The van der Waals surface area contributed by atoms with E-state index in [-0.39, 0.29) is 0 Å². The van der Waals surface area contributed by atoms with Gasteiger partial charge in [-0.15, -0.1) is 0 Å². The largest absolute Gasteiger partial charge is 0.379 e. The van der Waals surface area contributed by atoms with Gasteiger partial charge in [-0.25, -0.2) is 8.42 Å². The van der Waals surface area contributed by atoms with E-state index in [1.165, 1.54) is 4.31 Å². The van der Waals surface area contributed by atoms with Crippen LogP contribution in [-0.2, 0) is 21.3 Å². The minimum atomic E-state index is -3.38. The van der Waals surface area contributed by atoms with Crippen LogP contribution in [0.4, 0.5) is 0 Å². The van der Waals surface area contributed by atoms with Crippen molar-refractivity contribution in [2.75, 3.05) is 33.4 Å². The number of nitrogens with zero attached hydrogens (tertiary/aromatic N) is 1. The van der Waals surface area contributed by atoms with Gasteiger partial charge in [0.15, 0.2) is 0 Å². The van der Waals surface area contributed by atoms with Gasteiger partial charge in [0, 0.05) is 19.6 Å². The molecule has 0 amide bonds. The van der Waals surface area contributed by atoms with Crippen molar-refractivity contribution in [2.24, 2.45) is 0 Å². The van der Waals surface area contributed by atoms with Crippen molar-refractivity contribution >= 4 is 10.0 Å². The molecule has 0 aliphatic carbocycles. The molecular weight excluding hydrogens is 252 g/mol. The van der Waals surface area contributed by atoms with Gasteiger partial charge in [-0.2, -0.15) is 4.31 Å². The summed E-state index contributed by atoms with van der Waals surface area (Å²) < 4.78 is 31.4. The first-order valence-corrected chi connectivity index (χ1v) is 7.40. The molecule has 1 aromatic rings. The highest BCUT2D eigenvalue weighted by atomic mass is 32.2. The Bertz CT molecular complexity index is 496. The molecule has 1 saturated heterocycles. The van der Waals surface area contributed by atoms with Crippen LogP contribution in [0.5, 0.6) is 0 Å². The van der Waals surface area contributed by atoms with Gasteiger partial charge in [-0.3, -0.25) is 0 Å². The van der Waals surface area contributed by atoms with E-state index in [2.05, 4.69) is 5.32 Å². The average Bonchev–Trinajstić information content (AvgIpc) is 2.40. The van der Waals surface area contributed by atoms with Crippen LogP contribution in [0.25, 0.3) is 0 Å². The fourth-order valence-electron chi connectivity index (χ4n) is 1.96.